The highest BCUT2D eigenvalue weighted by molar-refractivity contribution is 6.00. The van der Waals surface area contributed by atoms with Crippen LogP contribution in [0.2, 0.25) is 0 Å². The number of hydrogen-bond donors (Lipinski definition) is 2. The van der Waals surface area contributed by atoms with Gasteiger partial charge in [-0.15, -0.1) is 0 Å². The standard InChI is InChI=1S/C23H25N3O2/c1-26-20-12-11-19(25-22(27)17-9-5-6-10-17)13-18(20)14-21(26)23(28)24-15-16-7-3-2-4-8-16/h2-4,7-8,11-14,17H,5-6,9-10,15H2,1H3,(H,24,28)(H,25,27). The fourth-order valence-electron chi connectivity index (χ4n) is 3.95. The number of benzene rings is 2. The van der Waals surface area contributed by atoms with Crippen LogP contribution in [0.3, 0.4) is 0 Å². The van der Waals surface area contributed by atoms with E-state index in [0.29, 0.717) is 12.2 Å². The first-order valence-electron chi connectivity index (χ1n) is 9.84. The normalized spacial score (nSPS) is 14.3. The van der Waals surface area contributed by atoms with Crippen LogP contribution in [-0.4, -0.2) is 16.4 Å². The molecule has 1 aromatic heterocycles. The molecule has 0 saturated heterocycles. The first-order valence-corrected chi connectivity index (χ1v) is 9.84. The van der Waals surface area contributed by atoms with E-state index in [9.17, 15) is 9.59 Å². The van der Waals surface area contributed by atoms with Crippen LogP contribution in [0.4, 0.5) is 5.69 Å². The largest absolute Gasteiger partial charge is 0.347 e. The molecule has 3 aromatic rings. The Kier molecular flexibility index (Phi) is 5.15. The molecule has 0 bridgehead atoms. The predicted molar refractivity (Wildman–Crippen MR) is 111 cm³/mol. The molecule has 0 unspecified atom stereocenters. The molecule has 2 amide bonds. The van der Waals surface area contributed by atoms with Gasteiger partial charge in [0, 0.05) is 36.1 Å². The minimum absolute atomic E-state index is 0.105. The average molecular weight is 375 g/mol. The van der Waals surface area contributed by atoms with Gasteiger partial charge in [0.2, 0.25) is 5.91 Å². The van der Waals surface area contributed by atoms with Crippen molar-refractivity contribution in [3.05, 3.63) is 65.9 Å². The maximum Gasteiger partial charge on any atom is 0.268 e. The topological polar surface area (TPSA) is 63.1 Å². The summed E-state index contributed by atoms with van der Waals surface area (Å²) in [5.41, 5.74) is 3.41. The molecule has 1 aliphatic rings. The van der Waals surface area contributed by atoms with Gasteiger partial charge in [-0.2, -0.15) is 0 Å². The molecule has 5 nitrogen and oxygen atoms in total. The van der Waals surface area contributed by atoms with Gasteiger partial charge in [0.25, 0.3) is 5.91 Å². The van der Waals surface area contributed by atoms with Gasteiger partial charge in [0.05, 0.1) is 0 Å². The second-order valence-corrected chi connectivity index (χ2v) is 7.50. The Morgan fingerprint density at radius 1 is 1.04 bits per heavy atom. The monoisotopic (exact) mass is 375 g/mol. The quantitative estimate of drug-likeness (QED) is 0.701. The third kappa shape index (κ3) is 3.79. The van der Waals surface area contributed by atoms with Gasteiger partial charge in [-0.05, 0) is 42.7 Å². The third-order valence-electron chi connectivity index (χ3n) is 5.56. The molecule has 1 aliphatic carbocycles. The Balaban J connectivity index is 1.49. The summed E-state index contributed by atoms with van der Waals surface area (Å²) in [4.78, 5) is 25.0. The van der Waals surface area contributed by atoms with Gasteiger partial charge in [-0.25, -0.2) is 0 Å². The van der Waals surface area contributed by atoms with Gasteiger partial charge in [0.15, 0.2) is 0 Å². The Bertz CT molecular complexity index is 1000. The van der Waals surface area contributed by atoms with E-state index in [2.05, 4.69) is 10.6 Å². The number of carbonyl (C=O) groups is 2. The minimum atomic E-state index is -0.112. The zero-order valence-corrected chi connectivity index (χ0v) is 16.1. The Morgan fingerprint density at radius 2 is 1.79 bits per heavy atom. The van der Waals surface area contributed by atoms with E-state index >= 15 is 0 Å². The SMILES string of the molecule is Cn1c(C(=O)NCc2ccccc2)cc2cc(NC(=O)C3CCCC3)ccc21. The van der Waals surface area contributed by atoms with Gasteiger partial charge >= 0.3 is 0 Å². The van der Waals surface area contributed by atoms with Crippen molar-refractivity contribution in [3.8, 4) is 0 Å². The summed E-state index contributed by atoms with van der Waals surface area (Å²) in [7, 11) is 1.89. The van der Waals surface area contributed by atoms with Gasteiger partial charge < -0.3 is 15.2 Å². The number of nitrogens with zero attached hydrogens (tertiary/aromatic N) is 1. The fraction of sp³-hybridized carbons (Fsp3) is 0.304. The summed E-state index contributed by atoms with van der Waals surface area (Å²) in [6, 6.07) is 17.5. The maximum atomic E-state index is 12.6. The Hall–Kier alpha value is -3.08. The fourth-order valence-corrected chi connectivity index (χ4v) is 3.95. The maximum absolute atomic E-state index is 12.6. The molecule has 1 saturated carbocycles. The molecule has 4 rings (SSSR count). The summed E-state index contributed by atoms with van der Waals surface area (Å²) in [6.45, 7) is 0.490. The summed E-state index contributed by atoms with van der Waals surface area (Å²) in [6.07, 6.45) is 4.23. The van der Waals surface area contributed by atoms with Gasteiger partial charge in [0.1, 0.15) is 5.69 Å². The van der Waals surface area contributed by atoms with E-state index in [0.717, 1.165) is 47.8 Å². The summed E-state index contributed by atoms with van der Waals surface area (Å²) >= 11 is 0. The van der Waals surface area contributed by atoms with E-state index in [4.69, 9.17) is 0 Å². The van der Waals surface area contributed by atoms with Crippen molar-refractivity contribution >= 4 is 28.4 Å². The lowest BCUT2D eigenvalue weighted by Gasteiger charge is -2.10. The highest BCUT2D eigenvalue weighted by atomic mass is 16.2. The van der Waals surface area contributed by atoms with Crippen molar-refractivity contribution in [2.75, 3.05) is 5.32 Å². The zero-order chi connectivity index (χ0) is 19.5. The number of nitrogens with one attached hydrogen (secondary N) is 2. The van der Waals surface area contributed by atoms with Crippen molar-refractivity contribution in [1.82, 2.24) is 9.88 Å². The number of fused-ring (bicyclic) bond motifs is 1. The average Bonchev–Trinajstić information content (AvgIpc) is 3.35. The molecular formula is C23H25N3O2. The van der Waals surface area contributed by atoms with Crippen LogP contribution in [0.5, 0.6) is 0 Å². The van der Waals surface area contributed by atoms with Gasteiger partial charge in [-0.3, -0.25) is 9.59 Å². The highest BCUT2D eigenvalue weighted by Crippen LogP contribution is 2.27. The molecule has 28 heavy (non-hydrogen) atoms. The van der Waals surface area contributed by atoms with E-state index in [1.165, 1.54) is 0 Å². The van der Waals surface area contributed by atoms with E-state index in [1.807, 2.05) is 66.2 Å². The zero-order valence-electron chi connectivity index (χ0n) is 16.1. The van der Waals surface area contributed by atoms with Crippen LogP contribution in [0.15, 0.2) is 54.6 Å². The molecule has 0 aliphatic heterocycles. The van der Waals surface area contributed by atoms with Crippen molar-refractivity contribution in [3.63, 3.8) is 0 Å². The number of aryl methyl sites for hydroxylation is 1. The van der Waals surface area contributed by atoms with Crippen LogP contribution < -0.4 is 10.6 Å². The van der Waals surface area contributed by atoms with E-state index < -0.39 is 0 Å². The minimum Gasteiger partial charge on any atom is -0.347 e. The smallest absolute Gasteiger partial charge is 0.268 e. The molecule has 2 N–H and O–H groups in total. The summed E-state index contributed by atoms with van der Waals surface area (Å²) in [5.74, 6) is 0.124. The second kappa shape index (κ2) is 7.89. The predicted octanol–water partition coefficient (Wildman–Crippen LogP) is 4.24. The van der Waals surface area contributed by atoms with Gasteiger partial charge in [-0.1, -0.05) is 43.2 Å². The summed E-state index contributed by atoms with van der Waals surface area (Å²) in [5, 5.41) is 6.94. The Morgan fingerprint density at radius 3 is 2.54 bits per heavy atom. The second-order valence-electron chi connectivity index (χ2n) is 7.50. The van der Waals surface area contributed by atoms with E-state index in [-0.39, 0.29) is 17.7 Å². The van der Waals surface area contributed by atoms with Crippen molar-refractivity contribution in [2.24, 2.45) is 13.0 Å². The van der Waals surface area contributed by atoms with Crippen LogP contribution >= 0.6 is 0 Å². The van der Waals surface area contributed by atoms with Crippen LogP contribution in [0.25, 0.3) is 10.9 Å². The lowest BCUT2D eigenvalue weighted by molar-refractivity contribution is -0.119. The first kappa shape index (κ1) is 18.3. The number of aromatic nitrogens is 1. The molecule has 144 valence electrons. The number of anilines is 1. The molecule has 0 radical (unpaired) electrons. The number of carbonyl (C=O) groups excluding carboxylic acids is 2. The number of rotatable bonds is 5. The molecule has 0 atom stereocenters. The third-order valence-corrected chi connectivity index (χ3v) is 5.56. The van der Waals surface area contributed by atoms with Crippen LogP contribution in [0, 0.1) is 5.92 Å². The molecule has 1 fully saturated rings. The Labute approximate surface area is 164 Å². The molecule has 2 aromatic carbocycles. The van der Waals surface area contributed by atoms with E-state index in [1.54, 1.807) is 0 Å². The number of hydrogen-bond acceptors (Lipinski definition) is 2. The molecular weight excluding hydrogens is 350 g/mol. The first-order chi connectivity index (χ1) is 13.6. The lowest BCUT2D eigenvalue weighted by atomic mass is 10.1. The van der Waals surface area contributed by atoms with Crippen LogP contribution in [0.1, 0.15) is 41.7 Å². The summed E-state index contributed by atoms with van der Waals surface area (Å²) < 4.78 is 1.89. The van der Waals surface area contributed by atoms with Crippen LogP contribution in [-0.2, 0) is 18.4 Å². The molecule has 0 spiro atoms. The lowest BCUT2D eigenvalue weighted by Crippen LogP contribution is -2.24. The highest BCUT2D eigenvalue weighted by Gasteiger charge is 2.22. The number of amides is 2. The molecule has 5 heteroatoms. The van der Waals surface area contributed by atoms with Crippen molar-refractivity contribution in [2.45, 2.75) is 32.2 Å². The van der Waals surface area contributed by atoms with Crippen molar-refractivity contribution < 1.29 is 9.59 Å². The van der Waals surface area contributed by atoms with Crippen molar-refractivity contribution in [1.29, 1.82) is 0 Å². The molecule has 1 heterocycles.